The first-order valence-electron chi connectivity index (χ1n) is 5.20. The van der Waals surface area contributed by atoms with Crippen molar-refractivity contribution in [3.63, 3.8) is 0 Å². The van der Waals surface area contributed by atoms with Crippen LogP contribution in [0.25, 0.3) is 0 Å². The van der Waals surface area contributed by atoms with Gasteiger partial charge < -0.3 is 15.2 Å². The molecule has 0 aliphatic rings. The minimum atomic E-state index is -1.08. The predicted octanol–water partition coefficient (Wildman–Crippen LogP) is 1.47. The second-order valence-electron chi connectivity index (χ2n) is 4.12. The number of carbonyl (C=O) groups excluding carboxylic acids is 1. The van der Waals surface area contributed by atoms with E-state index in [1.54, 1.807) is 31.2 Å². The summed E-state index contributed by atoms with van der Waals surface area (Å²) in [6, 6.07) is 6.62. The largest absolute Gasteiger partial charge is 0.386 e. The number of carbonyl (C=O) groups is 1. The first-order valence-corrected chi connectivity index (χ1v) is 5.57. The van der Waals surface area contributed by atoms with Crippen molar-refractivity contribution < 1.29 is 14.6 Å². The number of amides is 1. The number of halogens is 1. The van der Waals surface area contributed by atoms with Crippen molar-refractivity contribution in [1.82, 2.24) is 5.32 Å². The summed E-state index contributed by atoms with van der Waals surface area (Å²) in [5.74, 6) is -0.274. The van der Waals surface area contributed by atoms with Crippen molar-refractivity contribution >= 4 is 17.5 Å². The molecule has 0 bridgehead atoms. The third kappa shape index (κ3) is 4.73. The Morgan fingerprint density at radius 2 is 2.29 bits per heavy atom. The van der Waals surface area contributed by atoms with E-state index in [2.05, 4.69) is 5.32 Å². The smallest absolute Gasteiger partial charge is 0.251 e. The van der Waals surface area contributed by atoms with Gasteiger partial charge in [0.05, 0.1) is 6.61 Å². The molecule has 1 aromatic carbocycles. The first kappa shape index (κ1) is 14.0. The van der Waals surface area contributed by atoms with Gasteiger partial charge in [0.1, 0.15) is 5.60 Å². The van der Waals surface area contributed by atoms with Crippen LogP contribution < -0.4 is 5.32 Å². The molecule has 2 N–H and O–H groups in total. The van der Waals surface area contributed by atoms with Crippen LogP contribution in [0.15, 0.2) is 24.3 Å². The molecule has 0 aliphatic heterocycles. The lowest BCUT2D eigenvalue weighted by Crippen LogP contribution is -2.43. The molecule has 0 saturated heterocycles. The van der Waals surface area contributed by atoms with Crippen LogP contribution in [-0.2, 0) is 4.74 Å². The number of ether oxygens (including phenoxy) is 1. The lowest BCUT2D eigenvalue weighted by molar-refractivity contribution is -0.0147. The lowest BCUT2D eigenvalue weighted by atomic mass is 10.1. The monoisotopic (exact) mass is 257 g/mol. The molecule has 1 atom stereocenters. The molecule has 17 heavy (non-hydrogen) atoms. The van der Waals surface area contributed by atoms with E-state index in [4.69, 9.17) is 16.3 Å². The molecule has 0 saturated carbocycles. The van der Waals surface area contributed by atoms with E-state index in [-0.39, 0.29) is 19.1 Å². The van der Waals surface area contributed by atoms with Crippen LogP contribution in [0.4, 0.5) is 0 Å². The molecule has 1 rings (SSSR count). The fraction of sp³-hybridized carbons (Fsp3) is 0.417. The van der Waals surface area contributed by atoms with Crippen molar-refractivity contribution in [2.24, 2.45) is 0 Å². The van der Waals surface area contributed by atoms with Crippen LogP contribution >= 0.6 is 11.6 Å². The highest BCUT2D eigenvalue weighted by Gasteiger charge is 2.21. The van der Waals surface area contributed by atoms with Crippen LogP contribution in [0, 0.1) is 0 Å². The second-order valence-corrected chi connectivity index (χ2v) is 4.56. The zero-order valence-corrected chi connectivity index (χ0v) is 10.6. The average Bonchev–Trinajstić information content (AvgIpc) is 2.26. The maximum Gasteiger partial charge on any atom is 0.251 e. The zero-order chi connectivity index (χ0) is 12.9. The Hall–Kier alpha value is -1.10. The summed E-state index contributed by atoms with van der Waals surface area (Å²) in [4.78, 5) is 11.7. The maximum absolute atomic E-state index is 11.7. The van der Waals surface area contributed by atoms with Gasteiger partial charge in [-0.1, -0.05) is 17.7 Å². The van der Waals surface area contributed by atoms with Gasteiger partial charge in [0.15, 0.2) is 0 Å². The van der Waals surface area contributed by atoms with Gasteiger partial charge >= 0.3 is 0 Å². The van der Waals surface area contributed by atoms with E-state index in [9.17, 15) is 9.90 Å². The summed E-state index contributed by atoms with van der Waals surface area (Å²) in [5, 5.41) is 12.9. The van der Waals surface area contributed by atoms with Gasteiger partial charge in [0.25, 0.3) is 5.91 Å². The minimum absolute atomic E-state index is 0.117. The highest BCUT2D eigenvalue weighted by molar-refractivity contribution is 6.30. The number of aliphatic hydroxyl groups is 1. The molecular formula is C12H16ClNO3. The molecule has 1 amide bonds. The van der Waals surface area contributed by atoms with Gasteiger partial charge in [-0.15, -0.1) is 0 Å². The van der Waals surface area contributed by atoms with Gasteiger partial charge in [-0.05, 0) is 25.1 Å². The summed E-state index contributed by atoms with van der Waals surface area (Å²) in [6.45, 7) is 1.86. The third-order valence-electron chi connectivity index (χ3n) is 2.17. The van der Waals surface area contributed by atoms with E-state index < -0.39 is 5.60 Å². The molecule has 1 aromatic rings. The highest BCUT2D eigenvalue weighted by atomic mass is 35.5. The van der Waals surface area contributed by atoms with E-state index >= 15 is 0 Å². The van der Waals surface area contributed by atoms with Gasteiger partial charge in [-0.25, -0.2) is 0 Å². The van der Waals surface area contributed by atoms with Crippen molar-refractivity contribution in [3.05, 3.63) is 34.9 Å². The standard InChI is InChI=1S/C12H16ClNO3/c1-12(16,8-17-2)7-14-11(15)9-4-3-5-10(13)6-9/h3-6,16H,7-8H2,1-2H3,(H,14,15). The van der Waals surface area contributed by atoms with Crippen molar-refractivity contribution in [2.75, 3.05) is 20.3 Å². The molecule has 0 heterocycles. The number of hydrogen-bond donors (Lipinski definition) is 2. The number of rotatable bonds is 5. The summed E-state index contributed by atoms with van der Waals surface area (Å²) in [7, 11) is 1.49. The second kappa shape index (κ2) is 6.00. The molecular weight excluding hydrogens is 242 g/mol. The van der Waals surface area contributed by atoms with E-state index in [0.29, 0.717) is 10.6 Å². The average molecular weight is 258 g/mol. The molecule has 1 unspecified atom stereocenters. The predicted molar refractivity (Wildman–Crippen MR) is 66.3 cm³/mol. The van der Waals surface area contributed by atoms with Crippen LogP contribution in [0.1, 0.15) is 17.3 Å². The Bertz CT molecular complexity index is 393. The quantitative estimate of drug-likeness (QED) is 0.840. The highest BCUT2D eigenvalue weighted by Crippen LogP contribution is 2.10. The Labute approximate surface area is 106 Å². The van der Waals surface area contributed by atoms with Crippen LogP contribution in [0.3, 0.4) is 0 Å². The number of benzene rings is 1. The molecule has 0 aromatic heterocycles. The zero-order valence-electron chi connectivity index (χ0n) is 9.87. The van der Waals surface area contributed by atoms with Gasteiger partial charge in [0, 0.05) is 24.2 Å². The number of nitrogens with one attached hydrogen (secondary N) is 1. The fourth-order valence-electron chi connectivity index (χ4n) is 1.36. The summed E-state index contributed by atoms with van der Waals surface area (Å²) in [5.41, 5.74) is -0.617. The Kier molecular flexibility index (Phi) is 4.93. The summed E-state index contributed by atoms with van der Waals surface area (Å²) >= 11 is 5.78. The molecule has 0 fully saturated rings. The molecule has 0 aliphatic carbocycles. The minimum Gasteiger partial charge on any atom is -0.386 e. The van der Waals surface area contributed by atoms with Gasteiger partial charge in [-0.2, -0.15) is 0 Å². The lowest BCUT2D eigenvalue weighted by Gasteiger charge is -2.22. The van der Waals surface area contributed by atoms with E-state index in [0.717, 1.165) is 0 Å². The summed E-state index contributed by atoms with van der Waals surface area (Å²) in [6.07, 6.45) is 0. The molecule has 4 nitrogen and oxygen atoms in total. The van der Waals surface area contributed by atoms with Crippen LogP contribution in [-0.4, -0.2) is 36.9 Å². The first-order chi connectivity index (χ1) is 7.94. The molecule has 0 radical (unpaired) electrons. The number of hydrogen-bond acceptors (Lipinski definition) is 3. The fourth-order valence-corrected chi connectivity index (χ4v) is 1.55. The molecule has 94 valence electrons. The van der Waals surface area contributed by atoms with Crippen molar-refractivity contribution in [2.45, 2.75) is 12.5 Å². The van der Waals surface area contributed by atoms with Crippen LogP contribution in [0.2, 0.25) is 5.02 Å². The van der Waals surface area contributed by atoms with Gasteiger partial charge in [0.2, 0.25) is 0 Å². The maximum atomic E-state index is 11.7. The normalized spacial score (nSPS) is 14.1. The Morgan fingerprint density at radius 3 is 2.88 bits per heavy atom. The van der Waals surface area contributed by atoms with E-state index in [1.165, 1.54) is 7.11 Å². The number of methoxy groups -OCH3 is 1. The van der Waals surface area contributed by atoms with Crippen molar-refractivity contribution in [3.8, 4) is 0 Å². The van der Waals surface area contributed by atoms with Crippen molar-refractivity contribution in [1.29, 1.82) is 0 Å². The SMILES string of the molecule is COCC(C)(O)CNC(=O)c1cccc(Cl)c1. The molecule has 5 heteroatoms. The summed E-state index contributed by atoms with van der Waals surface area (Å²) < 4.78 is 4.84. The van der Waals surface area contributed by atoms with Gasteiger partial charge in [-0.3, -0.25) is 4.79 Å². The van der Waals surface area contributed by atoms with E-state index in [1.807, 2.05) is 0 Å². The topological polar surface area (TPSA) is 58.6 Å². The third-order valence-corrected chi connectivity index (χ3v) is 2.41. The van der Waals surface area contributed by atoms with Crippen LogP contribution in [0.5, 0.6) is 0 Å². The Morgan fingerprint density at radius 1 is 1.59 bits per heavy atom. The Balaban J connectivity index is 2.56. The molecule has 0 spiro atoms.